The second kappa shape index (κ2) is 6.85. The molecule has 0 unspecified atom stereocenters. The summed E-state index contributed by atoms with van der Waals surface area (Å²) >= 11 is 0. The first-order chi connectivity index (χ1) is 10.5. The number of benzene rings is 2. The van der Waals surface area contributed by atoms with Gasteiger partial charge in [-0.1, -0.05) is 18.2 Å². The molecule has 0 saturated heterocycles. The zero-order valence-corrected chi connectivity index (χ0v) is 13.2. The Bertz CT molecular complexity index is 641. The molecule has 0 bridgehead atoms. The average Bonchev–Trinajstić information content (AvgIpc) is 2.50. The topological polar surface area (TPSA) is 59.6 Å². The van der Waals surface area contributed by atoms with Gasteiger partial charge in [0.25, 0.3) is 0 Å². The monoisotopic (exact) mass is 300 g/mol. The Labute approximate surface area is 130 Å². The number of aryl methyl sites for hydroxylation is 2. The minimum Gasteiger partial charge on any atom is -0.497 e. The lowest BCUT2D eigenvalue weighted by atomic mass is 10.1. The number of hydrogen-bond acceptors (Lipinski definition) is 3. The van der Waals surface area contributed by atoms with Crippen molar-refractivity contribution in [2.75, 3.05) is 24.9 Å². The number of carbonyl (C=O) groups is 1. The van der Waals surface area contributed by atoms with Gasteiger partial charge in [-0.3, -0.25) is 0 Å². The molecule has 0 aliphatic carbocycles. The molecule has 2 aromatic rings. The van der Waals surface area contributed by atoms with Gasteiger partial charge in [0.05, 0.1) is 14.2 Å². The van der Waals surface area contributed by atoms with Crippen LogP contribution in [0.15, 0.2) is 36.4 Å². The van der Waals surface area contributed by atoms with Crippen LogP contribution in [0.3, 0.4) is 0 Å². The number of hydrogen-bond donors (Lipinski definition) is 2. The standard InChI is InChI=1S/C17H20N2O3/c1-11-6-5-7-12(2)16(11)19-17(20)18-13-8-14(21-3)10-15(9-13)22-4/h5-10H,1-4H3,(H2,18,19,20). The number of rotatable bonds is 4. The quantitative estimate of drug-likeness (QED) is 0.898. The van der Waals surface area contributed by atoms with Crippen molar-refractivity contribution < 1.29 is 14.3 Å². The summed E-state index contributed by atoms with van der Waals surface area (Å²) in [6.07, 6.45) is 0. The van der Waals surface area contributed by atoms with E-state index in [1.807, 2.05) is 32.0 Å². The minimum atomic E-state index is -0.312. The molecule has 0 heterocycles. The molecular formula is C17H20N2O3. The summed E-state index contributed by atoms with van der Waals surface area (Å²) in [7, 11) is 3.13. The fourth-order valence-electron chi connectivity index (χ4n) is 2.17. The number of carbonyl (C=O) groups excluding carboxylic acids is 1. The first kappa shape index (κ1) is 15.7. The lowest BCUT2D eigenvalue weighted by Gasteiger charge is -2.13. The molecule has 5 nitrogen and oxygen atoms in total. The smallest absolute Gasteiger partial charge is 0.323 e. The zero-order chi connectivity index (χ0) is 16.1. The van der Waals surface area contributed by atoms with Crippen molar-refractivity contribution in [1.29, 1.82) is 0 Å². The molecule has 2 N–H and O–H groups in total. The number of methoxy groups -OCH3 is 2. The van der Waals surface area contributed by atoms with Gasteiger partial charge in [0.1, 0.15) is 11.5 Å². The first-order valence-electron chi connectivity index (χ1n) is 6.90. The van der Waals surface area contributed by atoms with Crippen molar-refractivity contribution in [3.63, 3.8) is 0 Å². The van der Waals surface area contributed by atoms with Gasteiger partial charge < -0.3 is 20.1 Å². The highest BCUT2D eigenvalue weighted by atomic mass is 16.5. The van der Waals surface area contributed by atoms with E-state index in [-0.39, 0.29) is 6.03 Å². The fourth-order valence-corrected chi connectivity index (χ4v) is 2.17. The Balaban J connectivity index is 2.15. The largest absolute Gasteiger partial charge is 0.497 e. The van der Waals surface area contributed by atoms with Crippen molar-refractivity contribution in [3.8, 4) is 11.5 Å². The normalized spacial score (nSPS) is 10.0. The highest BCUT2D eigenvalue weighted by Crippen LogP contribution is 2.26. The third kappa shape index (κ3) is 3.69. The van der Waals surface area contributed by atoms with Crippen LogP contribution >= 0.6 is 0 Å². The van der Waals surface area contributed by atoms with E-state index in [0.717, 1.165) is 16.8 Å². The van der Waals surface area contributed by atoms with E-state index in [1.54, 1.807) is 32.4 Å². The number of anilines is 2. The summed E-state index contributed by atoms with van der Waals surface area (Å²) in [6.45, 7) is 3.91. The second-order valence-electron chi connectivity index (χ2n) is 4.95. The highest BCUT2D eigenvalue weighted by Gasteiger charge is 2.09. The molecular weight excluding hydrogens is 280 g/mol. The van der Waals surface area contributed by atoms with Crippen LogP contribution in [-0.2, 0) is 0 Å². The Morgan fingerprint density at radius 3 is 1.95 bits per heavy atom. The molecule has 0 aromatic heterocycles. The van der Waals surface area contributed by atoms with Crippen LogP contribution in [0.2, 0.25) is 0 Å². The summed E-state index contributed by atoms with van der Waals surface area (Å²) < 4.78 is 10.4. The van der Waals surface area contributed by atoms with E-state index < -0.39 is 0 Å². The molecule has 0 fully saturated rings. The summed E-state index contributed by atoms with van der Waals surface area (Å²) in [5, 5.41) is 5.65. The second-order valence-corrected chi connectivity index (χ2v) is 4.95. The van der Waals surface area contributed by atoms with Gasteiger partial charge in [-0.05, 0) is 25.0 Å². The Hall–Kier alpha value is -2.69. The molecule has 2 aromatic carbocycles. The van der Waals surface area contributed by atoms with Crippen LogP contribution in [0.1, 0.15) is 11.1 Å². The van der Waals surface area contributed by atoms with E-state index in [2.05, 4.69) is 10.6 Å². The van der Waals surface area contributed by atoms with Crippen molar-refractivity contribution in [2.24, 2.45) is 0 Å². The van der Waals surface area contributed by atoms with Gasteiger partial charge in [0, 0.05) is 29.6 Å². The fraction of sp³-hybridized carbons (Fsp3) is 0.235. The van der Waals surface area contributed by atoms with E-state index in [4.69, 9.17) is 9.47 Å². The molecule has 0 aliphatic rings. The maximum Gasteiger partial charge on any atom is 0.323 e. The van der Waals surface area contributed by atoms with Crippen LogP contribution in [0.5, 0.6) is 11.5 Å². The molecule has 0 atom stereocenters. The van der Waals surface area contributed by atoms with Crippen LogP contribution in [-0.4, -0.2) is 20.3 Å². The van der Waals surface area contributed by atoms with Crippen molar-refractivity contribution in [3.05, 3.63) is 47.5 Å². The van der Waals surface area contributed by atoms with Crippen LogP contribution < -0.4 is 20.1 Å². The molecule has 5 heteroatoms. The third-order valence-corrected chi connectivity index (χ3v) is 3.33. The van der Waals surface area contributed by atoms with E-state index in [9.17, 15) is 4.79 Å². The van der Waals surface area contributed by atoms with Gasteiger partial charge in [-0.2, -0.15) is 0 Å². The van der Waals surface area contributed by atoms with Gasteiger partial charge >= 0.3 is 6.03 Å². The minimum absolute atomic E-state index is 0.312. The lowest BCUT2D eigenvalue weighted by Crippen LogP contribution is -2.20. The Kier molecular flexibility index (Phi) is 4.88. The van der Waals surface area contributed by atoms with E-state index >= 15 is 0 Å². The van der Waals surface area contributed by atoms with E-state index in [0.29, 0.717) is 17.2 Å². The zero-order valence-electron chi connectivity index (χ0n) is 13.2. The van der Waals surface area contributed by atoms with Gasteiger partial charge in [-0.25, -0.2) is 4.79 Å². The molecule has 116 valence electrons. The lowest BCUT2D eigenvalue weighted by molar-refractivity contribution is 0.262. The molecule has 0 radical (unpaired) electrons. The van der Waals surface area contributed by atoms with E-state index in [1.165, 1.54) is 0 Å². The molecule has 0 saturated carbocycles. The van der Waals surface area contributed by atoms with Crippen LogP contribution in [0.25, 0.3) is 0 Å². The third-order valence-electron chi connectivity index (χ3n) is 3.33. The summed E-state index contributed by atoms with van der Waals surface area (Å²) in [5.41, 5.74) is 3.44. The summed E-state index contributed by atoms with van der Waals surface area (Å²) in [4.78, 5) is 12.2. The Morgan fingerprint density at radius 1 is 0.909 bits per heavy atom. The molecule has 2 rings (SSSR count). The maximum atomic E-state index is 12.2. The molecule has 0 aliphatic heterocycles. The summed E-state index contributed by atoms with van der Waals surface area (Å²) in [6, 6.07) is 10.8. The molecule has 2 amide bonds. The van der Waals surface area contributed by atoms with Crippen LogP contribution in [0.4, 0.5) is 16.2 Å². The van der Waals surface area contributed by atoms with Crippen molar-refractivity contribution >= 4 is 17.4 Å². The van der Waals surface area contributed by atoms with Gasteiger partial charge in [0.2, 0.25) is 0 Å². The number of urea groups is 1. The van der Waals surface area contributed by atoms with Crippen molar-refractivity contribution in [2.45, 2.75) is 13.8 Å². The number of amides is 2. The predicted molar refractivity (Wildman–Crippen MR) is 88.1 cm³/mol. The maximum absolute atomic E-state index is 12.2. The SMILES string of the molecule is COc1cc(NC(=O)Nc2c(C)cccc2C)cc(OC)c1. The Morgan fingerprint density at radius 2 is 1.45 bits per heavy atom. The average molecular weight is 300 g/mol. The summed E-state index contributed by atoms with van der Waals surface area (Å²) in [5.74, 6) is 1.23. The molecule has 22 heavy (non-hydrogen) atoms. The number of nitrogens with one attached hydrogen (secondary N) is 2. The highest BCUT2D eigenvalue weighted by molar-refractivity contribution is 6.00. The first-order valence-corrected chi connectivity index (χ1v) is 6.90. The molecule has 0 spiro atoms. The predicted octanol–water partition coefficient (Wildman–Crippen LogP) is 3.96. The number of para-hydroxylation sites is 1. The van der Waals surface area contributed by atoms with Gasteiger partial charge in [-0.15, -0.1) is 0 Å². The van der Waals surface area contributed by atoms with Crippen molar-refractivity contribution in [1.82, 2.24) is 0 Å². The van der Waals surface area contributed by atoms with Crippen LogP contribution in [0, 0.1) is 13.8 Å². The number of ether oxygens (including phenoxy) is 2. The van der Waals surface area contributed by atoms with Gasteiger partial charge in [0.15, 0.2) is 0 Å².